The molecule has 0 spiro atoms. The molecule has 2 heterocycles. The van der Waals surface area contributed by atoms with Crippen molar-refractivity contribution in [2.45, 2.75) is 0 Å². The Morgan fingerprint density at radius 1 is 1.13 bits per heavy atom. The molecule has 1 saturated heterocycles. The normalized spacial score (nSPS) is 16.7. The van der Waals surface area contributed by atoms with Crippen LogP contribution in [0.2, 0.25) is 0 Å². The van der Waals surface area contributed by atoms with Crippen molar-refractivity contribution >= 4 is 40.9 Å². The molecule has 7 heteroatoms. The van der Waals surface area contributed by atoms with Gasteiger partial charge in [-0.2, -0.15) is 0 Å². The average molecular weight is 328 g/mol. The van der Waals surface area contributed by atoms with Crippen LogP contribution in [0.25, 0.3) is 6.08 Å². The van der Waals surface area contributed by atoms with Gasteiger partial charge in [-0.05, 0) is 41.8 Å². The summed E-state index contributed by atoms with van der Waals surface area (Å²) in [4.78, 5) is 38.3. The molecule has 0 atom stereocenters. The zero-order valence-electron chi connectivity index (χ0n) is 12.1. The Hall–Kier alpha value is -2.93. The van der Waals surface area contributed by atoms with Gasteiger partial charge in [0.15, 0.2) is 0 Å². The maximum atomic E-state index is 12.6. The summed E-state index contributed by atoms with van der Waals surface area (Å²) < 4.78 is 5.05. The Bertz CT molecular complexity index is 794. The second-order valence-electron chi connectivity index (χ2n) is 4.67. The minimum atomic E-state index is -0.770. The average Bonchev–Trinajstić information content (AvgIpc) is 3.05. The van der Waals surface area contributed by atoms with E-state index in [0.717, 1.165) is 9.78 Å². The number of nitrogens with zero attached hydrogens (tertiary/aromatic N) is 1. The predicted octanol–water partition coefficient (Wildman–Crippen LogP) is 2.42. The van der Waals surface area contributed by atoms with Crippen molar-refractivity contribution in [2.75, 3.05) is 12.0 Å². The van der Waals surface area contributed by atoms with Crippen LogP contribution in [-0.2, 0) is 9.59 Å². The summed E-state index contributed by atoms with van der Waals surface area (Å²) in [5.74, 6) is -0.750. The molecule has 0 saturated carbocycles. The van der Waals surface area contributed by atoms with Crippen LogP contribution in [0.15, 0.2) is 47.4 Å². The second kappa shape index (κ2) is 6.05. The molecule has 0 radical (unpaired) electrons. The van der Waals surface area contributed by atoms with E-state index in [2.05, 4.69) is 5.32 Å². The Kier molecular flexibility index (Phi) is 3.94. The molecular weight excluding hydrogens is 316 g/mol. The van der Waals surface area contributed by atoms with Gasteiger partial charge in [0.2, 0.25) is 0 Å². The van der Waals surface area contributed by atoms with E-state index in [9.17, 15) is 14.4 Å². The minimum Gasteiger partial charge on any atom is -0.497 e. The molecule has 2 aromatic rings. The number of ether oxygens (including phenoxy) is 1. The first-order chi connectivity index (χ1) is 11.1. The van der Waals surface area contributed by atoms with E-state index in [1.165, 1.54) is 24.5 Å². The van der Waals surface area contributed by atoms with Crippen molar-refractivity contribution in [3.05, 3.63) is 52.2 Å². The van der Waals surface area contributed by atoms with Crippen LogP contribution in [0.3, 0.4) is 0 Å². The zero-order valence-corrected chi connectivity index (χ0v) is 12.9. The van der Waals surface area contributed by atoms with E-state index in [1.807, 2.05) is 11.4 Å². The van der Waals surface area contributed by atoms with Gasteiger partial charge in [-0.25, -0.2) is 9.69 Å². The molecule has 1 aliphatic rings. The van der Waals surface area contributed by atoms with Crippen LogP contribution in [0, 0.1) is 0 Å². The number of barbiturate groups is 1. The van der Waals surface area contributed by atoms with Gasteiger partial charge in [0, 0.05) is 4.88 Å². The summed E-state index contributed by atoms with van der Waals surface area (Å²) in [5, 5.41) is 4.02. The molecule has 3 rings (SSSR count). The van der Waals surface area contributed by atoms with Gasteiger partial charge in [0.1, 0.15) is 11.3 Å². The molecule has 0 aliphatic carbocycles. The van der Waals surface area contributed by atoms with Crippen LogP contribution in [0.4, 0.5) is 10.5 Å². The van der Waals surface area contributed by atoms with Gasteiger partial charge < -0.3 is 4.74 Å². The lowest BCUT2D eigenvalue weighted by Crippen LogP contribution is -2.54. The molecule has 116 valence electrons. The molecular formula is C16H12N2O4S. The molecule has 0 unspecified atom stereocenters. The number of hydrogen-bond donors (Lipinski definition) is 1. The minimum absolute atomic E-state index is 0.0807. The summed E-state index contributed by atoms with van der Waals surface area (Å²) in [7, 11) is 1.52. The third-order valence-corrected chi connectivity index (χ3v) is 4.08. The Balaban J connectivity index is 1.98. The SMILES string of the molecule is COc1ccc(N2C(=O)NC(=O)/C(=C/c3cccs3)C2=O)cc1. The largest absolute Gasteiger partial charge is 0.497 e. The van der Waals surface area contributed by atoms with Gasteiger partial charge in [-0.15, -0.1) is 11.3 Å². The predicted molar refractivity (Wildman–Crippen MR) is 86.3 cm³/mol. The lowest BCUT2D eigenvalue weighted by atomic mass is 10.1. The highest BCUT2D eigenvalue weighted by Crippen LogP contribution is 2.24. The van der Waals surface area contributed by atoms with Crippen LogP contribution >= 0.6 is 11.3 Å². The zero-order chi connectivity index (χ0) is 16.4. The first-order valence-corrected chi connectivity index (χ1v) is 7.57. The Morgan fingerprint density at radius 3 is 2.48 bits per heavy atom. The second-order valence-corrected chi connectivity index (χ2v) is 5.65. The van der Waals surface area contributed by atoms with Crippen LogP contribution < -0.4 is 15.0 Å². The molecule has 1 aliphatic heterocycles. The number of hydrogen-bond acceptors (Lipinski definition) is 5. The van der Waals surface area contributed by atoms with Crippen LogP contribution in [0.1, 0.15) is 4.88 Å². The monoisotopic (exact) mass is 328 g/mol. The number of urea groups is 1. The summed E-state index contributed by atoms with van der Waals surface area (Å²) >= 11 is 1.39. The van der Waals surface area contributed by atoms with Crippen LogP contribution in [-0.4, -0.2) is 25.0 Å². The third kappa shape index (κ3) is 2.86. The maximum absolute atomic E-state index is 12.6. The molecule has 23 heavy (non-hydrogen) atoms. The molecule has 1 aromatic heterocycles. The number of anilines is 1. The van der Waals surface area contributed by atoms with Crippen molar-refractivity contribution in [3.63, 3.8) is 0 Å². The topological polar surface area (TPSA) is 75.7 Å². The lowest BCUT2D eigenvalue weighted by molar-refractivity contribution is -0.122. The number of amides is 4. The molecule has 4 amide bonds. The number of benzene rings is 1. The quantitative estimate of drug-likeness (QED) is 0.693. The summed E-state index contributed by atoms with van der Waals surface area (Å²) in [6.45, 7) is 0. The summed E-state index contributed by atoms with van der Waals surface area (Å²) in [6, 6.07) is 9.25. The van der Waals surface area contributed by atoms with Gasteiger partial charge >= 0.3 is 6.03 Å². The van der Waals surface area contributed by atoms with Gasteiger partial charge in [0.05, 0.1) is 12.8 Å². The smallest absolute Gasteiger partial charge is 0.335 e. The Labute approximate surface area is 136 Å². The van der Waals surface area contributed by atoms with Crippen molar-refractivity contribution in [3.8, 4) is 5.75 Å². The van der Waals surface area contributed by atoms with E-state index < -0.39 is 17.8 Å². The standard InChI is InChI=1S/C16H12N2O4S/c1-22-11-6-4-10(5-7-11)18-15(20)13(14(19)17-16(18)21)9-12-3-2-8-23-12/h2-9H,1H3,(H,17,19,21)/b13-9-. The molecule has 6 nitrogen and oxygen atoms in total. The maximum Gasteiger partial charge on any atom is 0.335 e. The van der Waals surface area contributed by atoms with Crippen LogP contribution in [0.5, 0.6) is 5.75 Å². The van der Waals surface area contributed by atoms with E-state index in [-0.39, 0.29) is 5.57 Å². The van der Waals surface area contributed by atoms with E-state index in [1.54, 1.807) is 30.3 Å². The van der Waals surface area contributed by atoms with Gasteiger partial charge in [0.25, 0.3) is 11.8 Å². The number of imide groups is 2. The lowest BCUT2D eigenvalue weighted by Gasteiger charge is -2.26. The van der Waals surface area contributed by atoms with Crippen molar-refractivity contribution < 1.29 is 19.1 Å². The molecule has 1 N–H and O–H groups in total. The fourth-order valence-corrected chi connectivity index (χ4v) is 2.80. The molecule has 0 bridgehead atoms. The summed E-state index contributed by atoms with van der Waals surface area (Å²) in [6.07, 6.45) is 1.48. The highest BCUT2D eigenvalue weighted by Gasteiger charge is 2.36. The first kappa shape index (κ1) is 15.0. The highest BCUT2D eigenvalue weighted by atomic mass is 32.1. The number of carbonyl (C=O) groups excluding carboxylic acids is 3. The number of rotatable bonds is 3. The van der Waals surface area contributed by atoms with Gasteiger partial charge in [-0.1, -0.05) is 6.07 Å². The number of carbonyl (C=O) groups is 3. The van der Waals surface area contributed by atoms with E-state index in [4.69, 9.17) is 4.74 Å². The van der Waals surface area contributed by atoms with E-state index in [0.29, 0.717) is 11.4 Å². The highest BCUT2D eigenvalue weighted by molar-refractivity contribution is 7.10. The molecule has 1 aromatic carbocycles. The van der Waals surface area contributed by atoms with Crippen molar-refractivity contribution in [1.29, 1.82) is 0 Å². The molecule has 1 fully saturated rings. The van der Waals surface area contributed by atoms with Gasteiger partial charge in [-0.3, -0.25) is 14.9 Å². The Morgan fingerprint density at radius 2 is 1.87 bits per heavy atom. The van der Waals surface area contributed by atoms with Crippen molar-refractivity contribution in [2.24, 2.45) is 0 Å². The fraction of sp³-hybridized carbons (Fsp3) is 0.0625. The fourth-order valence-electron chi connectivity index (χ4n) is 2.14. The third-order valence-electron chi connectivity index (χ3n) is 3.26. The number of methoxy groups -OCH3 is 1. The van der Waals surface area contributed by atoms with Crippen molar-refractivity contribution in [1.82, 2.24) is 5.32 Å². The number of nitrogens with one attached hydrogen (secondary N) is 1. The number of thiophene rings is 1. The first-order valence-electron chi connectivity index (χ1n) is 6.69. The summed E-state index contributed by atoms with van der Waals surface area (Å²) in [5.41, 5.74) is 0.278. The van der Waals surface area contributed by atoms with E-state index >= 15 is 0 Å².